The lowest BCUT2D eigenvalue weighted by Gasteiger charge is -2.10. The van der Waals surface area contributed by atoms with Crippen LogP contribution < -0.4 is 11.2 Å². The van der Waals surface area contributed by atoms with E-state index >= 15 is 0 Å². The maximum absolute atomic E-state index is 12.7. The van der Waals surface area contributed by atoms with Crippen LogP contribution in [0.15, 0.2) is 39.0 Å². The van der Waals surface area contributed by atoms with Gasteiger partial charge in [-0.15, -0.1) is 0 Å². The number of aromatic nitrogens is 4. The molecular weight excluding hydrogens is 352 g/mol. The number of aryl methyl sites for hydroxylation is 2. The van der Waals surface area contributed by atoms with Crippen molar-refractivity contribution in [3.05, 3.63) is 56.2 Å². The van der Waals surface area contributed by atoms with Crippen molar-refractivity contribution in [3.63, 3.8) is 0 Å². The lowest BCUT2D eigenvalue weighted by Crippen LogP contribution is -2.37. The van der Waals surface area contributed by atoms with Crippen LogP contribution in [0.4, 0.5) is 0 Å². The molecule has 0 atom stereocenters. The first-order chi connectivity index (χ1) is 12.3. The third-order valence-electron chi connectivity index (χ3n) is 4.14. The zero-order valence-corrected chi connectivity index (χ0v) is 16.0. The highest BCUT2D eigenvalue weighted by Gasteiger charge is 2.20. The molecule has 0 aliphatic heterocycles. The Morgan fingerprint density at radius 3 is 2.58 bits per heavy atom. The predicted octanol–water partition coefficient (Wildman–Crippen LogP) is 1.47. The highest BCUT2D eigenvalue weighted by atomic mass is 32.2. The molecule has 0 aliphatic rings. The van der Waals surface area contributed by atoms with Gasteiger partial charge in [-0.25, -0.2) is 9.78 Å². The molecule has 0 unspecified atom stereocenters. The second-order valence-corrected chi connectivity index (χ2v) is 7.28. The number of rotatable bonds is 5. The third kappa shape index (κ3) is 3.24. The van der Waals surface area contributed by atoms with Crippen molar-refractivity contribution in [2.24, 2.45) is 14.1 Å². The first kappa shape index (κ1) is 18.2. The number of fused-ring (bicyclic) bond motifs is 1. The van der Waals surface area contributed by atoms with Crippen LogP contribution >= 0.6 is 11.8 Å². The molecule has 2 aromatic heterocycles. The van der Waals surface area contributed by atoms with E-state index in [1.54, 1.807) is 11.6 Å². The summed E-state index contributed by atoms with van der Waals surface area (Å²) in [4.78, 5) is 40.9. The number of carbonyl (C=O) groups excluding carboxylic acids is 1. The molecule has 0 aliphatic carbocycles. The SMILES string of the molecule is CC(=O)CSc1nc2c(c(=O)n(C)c(=O)n2C)n1Cc1cccc(C)c1. The summed E-state index contributed by atoms with van der Waals surface area (Å²) >= 11 is 1.27. The molecule has 0 radical (unpaired) electrons. The summed E-state index contributed by atoms with van der Waals surface area (Å²) in [7, 11) is 3.05. The van der Waals surface area contributed by atoms with Crippen molar-refractivity contribution < 1.29 is 4.79 Å². The Hall–Kier alpha value is -2.61. The van der Waals surface area contributed by atoms with E-state index in [4.69, 9.17) is 0 Å². The summed E-state index contributed by atoms with van der Waals surface area (Å²) < 4.78 is 4.23. The smallest absolute Gasteiger partial charge is 0.309 e. The van der Waals surface area contributed by atoms with Crippen molar-refractivity contribution in [1.29, 1.82) is 0 Å². The molecular formula is C18H20N4O3S. The average Bonchev–Trinajstić information content (AvgIpc) is 2.95. The Balaban J connectivity index is 2.25. The minimum absolute atomic E-state index is 0.0194. The zero-order valence-electron chi connectivity index (χ0n) is 15.1. The normalized spacial score (nSPS) is 11.2. The summed E-state index contributed by atoms with van der Waals surface area (Å²) in [6.07, 6.45) is 0. The van der Waals surface area contributed by atoms with E-state index in [9.17, 15) is 14.4 Å². The van der Waals surface area contributed by atoms with Gasteiger partial charge in [0.1, 0.15) is 5.78 Å². The van der Waals surface area contributed by atoms with Gasteiger partial charge in [0.2, 0.25) is 0 Å². The Bertz CT molecular complexity index is 1120. The summed E-state index contributed by atoms with van der Waals surface area (Å²) in [5.74, 6) is 0.275. The summed E-state index contributed by atoms with van der Waals surface area (Å²) in [5, 5.41) is 0.551. The Labute approximate surface area is 154 Å². The van der Waals surface area contributed by atoms with Gasteiger partial charge in [-0.05, 0) is 19.4 Å². The van der Waals surface area contributed by atoms with Gasteiger partial charge in [0, 0.05) is 14.1 Å². The average molecular weight is 372 g/mol. The van der Waals surface area contributed by atoms with Crippen molar-refractivity contribution in [1.82, 2.24) is 18.7 Å². The lowest BCUT2D eigenvalue weighted by atomic mass is 10.1. The minimum Gasteiger partial charge on any atom is -0.309 e. The van der Waals surface area contributed by atoms with Gasteiger partial charge in [-0.1, -0.05) is 41.6 Å². The van der Waals surface area contributed by atoms with Crippen LogP contribution in [0, 0.1) is 6.92 Å². The summed E-state index contributed by atoms with van der Waals surface area (Å²) in [6, 6.07) is 7.98. The van der Waals surface area contributed by atoms with Gasteiger partial charge in [-0.3, -0.25) is 18.7 Å². The van der Waals surface area contributed by atoms with Crippen molar-refractivity contribution in [2.45, 2.75) is 25.5 Å². The molecule has 136 valence electrons. The van der Waals surface area contributed by atoms with E-state index in [1.807, 2.05) is 31.2 Å². The fourth-order valence-electron chi connectivity index (χ4n) is 2.84. The van der Waals surface area contributed by atoms with Crippen LogP contribution in [-0.2, 0) is 25.4 Å². The van der Waals surface area contributed by atoms with E-state index in [2.05, 4.69) is 4.98 Å². The zero-order chi connectivity index (χ0) is 19.0. The first-order valence-electron chi connectivity index (χ1n) is 8.13. The molecule has 0 N–H and O–H groups in total. The number of Topliss-reactive ketones (excluding diaryl/α,β-unsaturated/α-hetero) is 1. The molecule has 1 aromatic carbocycles. The van der Waals surface area contributed by atoms with E-state index < -0.39 is 11.2 Å². The molecule has 0 saturated heterocycles. The quantitative estimate of drug-likeness (QED) is 0.634. The van der Waals surface area contributed by atoms with Crippen LogP contribution in [0.3, 0.4) is 0 Å². The molecule has 8 heteroatoms. The number of nitrogens with zero attached hydrogens (tertiary/aromatic N) is 4. The van der Waals surface area contributed by atoms with E-state index in [1.165, 1.54) is 30.3 Å². The van der Waals surface area contributed by atoms with Gasteiger partial charge in [0.15, 0.2) is 16.3 Å². The Morgan fingerprint density at radius 2 is 1.92 bits per heavy atom. The predicted molar refractivity (Wildman–Crippen MR) is 102 cm³/mol. The molecule has 3 rings (SSSR count). The molecule has 0 bridgehead atoms. The molecule has 0 fully saturated rings. The van der Waals surface area contributed by atoms with E-state index in [0.29, 0.717) is 22.9 Å². The van der Waals surface area contributed by atoms with Gasteiger partial charge in [0.25, 0.3) is 5.56 Å². The van der Waals surface area contributed by atoms with Gasteiger partial charge < -0.3 is 4.57 Å². The van der Waals surface area contributed by atoms with Gasteiger partial charge in [0.05, 0.1) is 12.3 Å². The number of imidazole rings is 1. The fourth-order valence-corrected chi connectivity index (χ4v) is 3.64. The Morgan fingerprint density at radius 1 is 1.19 bits per heavy atom. The number of carbonyl (C=O) groups is 1. The van der Waals surface area contributed by atoms with Crippen molar-refractivity contribution >= 4 is 28.7 Å². The number of benzene rings is 1. The molecule has 26 heavy (non-hydrogen) atoms. The Kier molecular flexibility index (Phi) is 4.86. The van der Waals surface area contributed by atoms with Crippen LogP contribution in [0.2, 0.25) is 0 Å². The van der Waals surface area contributed by atoms with Crippen LogP contribution in [0.5, 0.6) is 0 Å². The van der Waals surface area contributed by atoms with Gasteiger partial charge in [-0.2, -0.15) is 0 Å². The van der Waals surface area contributed by atoms with E-state index in [0.717, 1.165) is 15.7 Å². The van der Waals surface area contributed by atoms with Crippen LogP contribution in [0.25, 0.3) is 11.2 Å². The molecule has 0 amide bonds. The monoisotopic (exact) mass is 372 g/mol. The number of thioether (sulfide) groups is 1. The molecule has 7 nitrogen and oxygen atoms in total. The molecule has 0 spiro atoms. The van der Waals surface area contributed by atoms with E-state index in [-0.39, 0.29) is 11.5 Å². The van der Waals surface area contributed by atoms with Gasteiger partial charge >= 0.3 is 5.69 Å². The summed E-state index contributed by atoms with van der Waals surface area (Å²) in [5.41, 5.74) is 2.01. The minimum atomic E-state index is -0.425. The van der Waals surface area contributed by atoms with Crippen LogP contribution in [0.1, 0.15) is 18.1 Å². The summed E-state index contributed by atoms with van der Waals surface area (Å²) in [6.45, 7) is 3.95. The first-order valence-corrected chi connectivity index (χ1v) is 9.12. The maximum Gasteiger partial charge on any atom is 0.332 e. The topological polar surface area (TPSA) is 78.9 Å². The standard InChI is InChI=1S/C18H20N4O3S/c1-11-6-5-7-13(8-11)9-22-14-15(19-17(22)26-10-12(2)23)20(3)18(25)21(4)16(14)24/h5-8H,9-10H2,1-4H3. The van der Waals surface area contributed by atoms with Crippen LogP contribution in [-0.4, -0.2) is 30.2 Å². The maximum atomic E-state index is 12.7. The highest BCUT2D eigenvalue weighted by Crippen LogP contribution is 2.23. The number of hydrogen-bond acceptors (Lipinski definition) is 5. The fraction of sp³-hybridized carbons (Fsp3) is 0.333. The molecule has 3 aromatic rings. The number of hydrogen-bond donors (Lipinski definition) is 0. The largest absolute Gasteiger partial charge is 0.332 e. The second-order valence-electron chi connectivity index (χ2n) is 6.34. The van der Waals surface area contributed by atoms with Crippen molar-refractivity contribution in [2.75, 3.05) is 5.75 Å². The lowest BCUT2D eigenvalue weighted by molar-refractivity contribution is -0.114. The van der Waals surface area contributed by atoms with Crippen molar-refractivity contribution in [3.8, 4) is 0 Å². The third-order valence-corrected chi connectivity index (χ3v) is 5.26. The number of ketones is 1. The molecule has 0 saturated carbocycles. The molecule has 2 heterocycles. The highest BCUT2D eigenvalue weighted by molar-refractivity contribution is 7.99. The second kappa shape index (κ2) is 6.95.